The summed E-state index contributed by atoms with van der Waals surface area (Å²) in [7, 11) is 0. The highest BCUT2D eigenvalue weighted by molar-refractivity contribution is 6.05. The van der Waals surface area contributed by atoms with Crippen LogP contribution in [0, 0.1) is 10.1 Å². The van der Waals surface area contributed by atoms with Crippen LogP contribution in [-0.2, 0) is 6.42 Å². The van der Waals surface area contributed by atoms with E-state index < -0.39 is 11.0 Å². The summed E-state index contributed by atoms with van der Waals surface area (Å²) in [6.45, 7) is 0.446. The number of fused-ring (bicyclic) bond motifs is 3. The molecule has 1 aliphatic rings. The number of aliphatic hydroxyl groups is 1. The van der Waals surface area contributed by atoms with Gasteiger partial charge in [0.1, 0.15) is 5.75 Å². The first-order valence-corrected chi connectivity index (χ1v) is 8.38. The molecule has 3 N–H and O–H groups in total. The number of hydrogen-bond donors (Lipinski definition) is 3. The monoisotopic (exact) mass is 364 g/mol. The average Bonchev–Trinajstić information content (AvgIpc) is 2.66. The van der Waals surface area contributed by atoms with Crippen molar-refractivity contribution in [3.8, 4) is 5.75 Å². The second-order valence-electron chi connectivity index (χ2n) is 6.34. The van der Waals surface area contributed by atoms with Crippen molar-refractivity contribution in [2.24, 2.45) is 10.2 Å². The molecule has 8 heteroatoms. The minimum atomic E-state index is -0.494. The van der Waals surface area contributed by atoms with Crippen LogP contribution in [0.2, 0.25) is 0 Å². The number of phenolic OH excluding ortho intramolecular Hbond substituents is 1. The zero-order valence-electron chi connectivity index (χ0n) is 14.2. The summed E-state index contributed by atoms with van der Waals surface area (Å²) in [4.78, 5) is 10.3. The molecule has 0 unspecified atom stereocenters. The van der Waals surface area contributed by atoms with E-state index in [0.29, 0.717) is 29.7 Å². The molecular weight excluding hydrogens is 348 g/mol. The van der Waals surface area contributed by atoms with Gasteiger partial charge < -0.3 is 15.5 Å². The molecule has 0 fully saturated rings. The number of nitro groups is 1. The fourth-order valence-electron chi connectivity index (χ4n) is 3.25. The Bertz CT molecular complexity index is 1060. The summed E-state index contributed by atoms with van der Waals surface area (Å²) in [6, 6.07) is 12.7. The van der Waals surface area contributed by atoms with Crippen molar-refractivity contribution in [3.05, 3.63) is 64.2 Å². The Morgan fingerprint density at radius 2 is 1.93 bits per heavy atom. The van der Waals surface area contributed by atoms with Crippen molar-refractivity contribution < 1.29 is 15.1 Å². The number of nitrogens with one attached hydrogen (secondary N) is 1. The second-order valence-corrected chi connectivity index (χ2v) is 6.34. The van der Waals surface area contributed by atoms with Crippen LogP contribution in [0.1, 0.15) is 5.56 Å². The van der Waals surface area contributed by atoms with E-state index in [1.165, 1.54) is 24.3 Å². The van der Waals surface area contributed by atoms with Gasteiger partial charge in [-0.1, -0.05) is 12.1 Å². The molecule has 0 saturated carbocycles. The van der Waals surface area contributed by atoms with E-state index >= 15 is 0 Å². The van der Waals surface area contributed by atoms with Gasteiger partial charge in [0.15, 0.2) is 0 Å². The first kappa shape index (κ1) is 16.9. The van der Waals surface area contributed by atoms with Gasteiger partial charge in [-0.15, -0.1) is 5.11 Å². The Hall–Kier alpha value is -3.52. The van der Waals surface area contributed by atoms with Crippen LogP contribution < -0.4 is 5.32 Å². The van der Waals surface area contributed by atoms with Crippen molar-refractivity contribution in [3.63, 3.8) is 0 Å². The number of aliphatic hydroxyl groups excluding tert-OH is 1. The van der Waals surface area contributed by atoms with Crippen molar-refractivity contribution in [1.82, 2.24) is 0 Å². The van der Waals surface area contributed by atoms with Gasteiger partial charge in [-0.3, -0.25) is 10.1 Å². The normalized spacial score (nSPS) is 16.3. The fourth-order valence-corrected chi connectivity index (χ4v) is 3.25. The van der Waals surface area contributed by atoms with Crippen molar-refractivity contribution in [2.75, 3.05) is 11.9 Å². The predicted octanol–water partition coefficient (Wildman–Crippen LogP) is 4.20. The van der Waals surface area contributed by atoms with Crippen LogP contribution in [0.5, 0.6) is 5.75 Å². The third-order valence-corrected chi connectivity index (χ3v) is 4.50. The maximum Gasteiger partial charge on any atom is 0.269 e. The molecule has 1 heterocycles. The van der Waals surface area contributed by atoms with Gasteiger partial charge in [-0.05, 0) is 29.8 Å². The van der Waals surface area contributed by atoms with E-state index in [0.717, 1.165) is 16.6 Å². The topological polar surface area (TPSA) is 120 Å². The maximum absolute atomic E-state index is 10.7. The summed E-state index contributed by atoms with van der Waals surface area (Å²) in [5.74, 6) is 0.0841. The highest BCUT2D eigenvalue weighted by atomic mass is 16.6. The molecule has 1 aliphatic heterocycles. The Balaban J connectivity index is 1.80. The number of benzene rings is 3. The molecule has 3 aromatic carbocycles. The lowest BCUT2D eigenvalue weighted by atomic mass is 9.95. The molecular formula is C19H16N4O4. The second kappa shape index (κ2) is 6.65. The zero-order valence-corrected chi connectivity index (χ0v) is 14.2. The van der Waals surface area contributed by atoms with E-state index in [2.05, 4.69) is 15.5 Å². The van der Waals surface area contributed by atoms with Crippen molar-refractivity contribution in [2.45, 2.75) is 12.5 Å². The zero-order chi connectivity index (χ0) is 19.0. The molecule has 0 amide bonds. The Labute approximate surface area is 153 Å². The molecule has 1 atom stereocenters. The molecule has 0 spiro atoms. The fraction of sp³-hybridized carbons (Fsp3) is 0.158. The van der Waals surface area contributed by atoms with Crippen LogP contribution in [-0.4, -0.2) is 27.8 Å². The van der Waals surface area contributed by atoms with E-state index in [1.54, 1.807) is 18.2 Å². The number of nitro benzene ring substituents is 1. The minimum absolute atomic E-state index is 0.0223. The van der Waals surface area contributed by atoms with Crippen LogP contribution in [0.15, 0.2) is 58.8 Å². The van der Waals surface area contributed by atoms with Crippen molar-refractivity contribution >= 4 is 33.5 Å². The largest absolute Gasteiger partial charge is 0.507 e. The van der Waals surface area contributed by atoms with Crippen LogP contribution in [0.4, 0.5) is 22.7 Å². The van der Waals surface area contributed by atoms with Gasteiger partial charge in [0.05, 0.1) is 27.8 Å². The third kappa shape index (κ3) is 3.18. The number of azo groups is 1. The number of rotatable bonds is 3. The molecule has 0 saturated heterocycles. The molecule has 27 heavy (non-hydrogen) atoms. The van der Waals surface area contributed by atoms with Gasteiger partial charge in [-0.2, -0.15) is 5.11 Å². The van der Waals surface area contributed by atoms with Crippen LogP contribution in [0.3, 0.4) is 0 Å². The van der Waals surface area contributed by atoms with Gasteiger partial charge in [0, 0.05) is 36.2 Å². The molecule has 0 bridgehead atoms. The predicted molar refractivity (Wildman–Crippen MR) is 101 cm³/mol. The number of aromatic hydroxyl groups is 1. The molecule has 8 nitrogen and oxygen atoms in total. The molecule has 3 aromatic rings. The maximum atomic E-state index is 10.7. The standard InChI is InChI=1S/C19H16N4O4/c24-14-8-11-9-16(22-21-12-4-6-13(7-5-12)23(26)27)18-15(19(11)20-10-14)2-1-3-17(18)25/h1-7,9,14,20,24-25H,8,10H2/t14-/m0/s1. The highest BCUT2D eigenvalue weighted by Crippen LogP contribution is 2.42. The number of nitrogens with zero attached hydrogens (tertiary/aromatic N) is 3. The SMILES string of the molecule is O=[N+]([O-])c1ccc(N=Nc2cc3c(c4cccc(O)c24)NC[C@@H](O)C3)cc1. The lowest BCUT2D eigenvalue weighted by molar-refractivity contribution is -0.384. The third-order valence-electron chi connectivity index (χ3n) is 4.50. The van der Waals surface area contributed by atoms with E-state index in [1.807, 2.05) is 6.07 Å². The van der Waals surface area contributed by atoms with Crippen LogP contribution >= 0.6 is 0 Å². The average molecular weight is 364 g/mol. The van der Waals surface area contributed by atoms with E-state index in [4.69, 9.17) is 0 Å². The first-order valence-electron chi connectivity index (χ1n) is 8.38. The Kier molecular flexibility index (Phi) is 4.17. The highest BCUT2D eigenvalue weighted by Gasteiger charge is 2.21. The molecule has 0 radical (unpaired) electrons. The van der Waals surface area contributed by atoms with Gasteiger partial charge >= 0.3 is 0 Å². The number of non-ortho nitro benzene ring substituents is 1. The lowest BCUT2D eigenvalue weighted by Crippen LogP contribution is -2.27. The van der Waals surface area contributed by atoms with Gasteiger partial charge in [0.25, 0.3) is 5.69 Å². The first-order chi connectivity index (χ1) is 13.0. The quantitative estimate of drug-likeness (QED) is 0.365. The number of anilines is 1. The Morgan fingerprint density at radius 3 is 2.67 bits per heavy atom. The van der Waals surface area contributed by atoms with E-state index in [-0.39, 0.29) is 11.4 Å². The van der Waals surface area contributed by atoms with Gasteiger partial charge in [0.2, 0.25) is 0 Å². The summed E-state index contributed by atoms with van der Waals surface area (Å²) in [6.07, 6.45) is -0.0136. The lowest BCUT2D eigenvalue weighted by Gasteiger charge is -2.24. The van der Waals surface area contributed by atoms with E-state index in [9.17, 15) is 20.3 Å². The number of hydrogen-bond acceptors (Lipinski definition) is 7. The van der Waals surface area contributed by atoms with Gasteiger partial charge in [-0.25, -0.2) is 0 Å². The van der Waals surface area contributed by atoms with Crippen LogP contribution in [0.25, 0.3) is 10.8 Å². The number of phenols is 1. The Morgan fingerprint density at radius 1 is 1.15 bits per heavy atom. The van der Waals surface area contributed by atoms with Crippen molar-refractivity contribution in [1.29, 1.82) is 0 Å². The molecule has 0 aliphatic carbocycles. The summed E-state index contributed by atoms with van der Waals surface area (Å²) in [5, 5.41) is 44.0. The molecule has 0 aromatic heterocycles. The smallest absolute Gasteiger partial charge is 0.269 e. The number of β-amino-alcohol motifs (C(OH)–C–C–N with tert-alkyl or cyclic N) is 1. The minimum Gasteiger partial charge on any atom is -0.507 e. The summed E-state index contributed by atoms with van der Waals surface area (Å²) in [5.41, 5.74) is 2.67. The molecule has 4 rings (SSSR count). The summed E-state index contributed by atoms with van der Waals surface area (Å²) >= 11 is 0. The summed E-state index contributed by atoms with van der Waals surface area (Å²) < 4.78 is 0. The molecule has 136 valence electrons.